The van der Waals surface area contributed by atoms with E-state index >= 15 is 0 Å². The molecule has 1 aliphatic rings. The molecule has 0 amide bonds. The number of ketones is 1. The first kappa shape index (κ1) is 15.2. The van der Waals surface area contributed by atoms with Crippen molar-refractivity contribution in [3.8, 4) is 5.75 Å². The van der Waals surface area contributed by atoms with Crippen LogP contribution in [0.15, 0.2) is 65.9 Å². The fraction of sp³-hybridized carbons (Fsp3) is 0.111. The van der Waals surface area contributed by atoms with Crippen molar-refractivity contribution >= 4 is 23.1 Å². The van der Waals surface area contributed by atoms with E-state index in [1.54, 1.807) is 30.3 Å². The normalized spacial score (nSPS) is 17.4. The molecule has 0 saturated heterocycles. The fourth-order valence-electron chi connectivity index (χ4n) is 2.70. The molecule has 0 fully saturated rings. The van der Waals surface area contributed by atoms with Crippen molar-refractivity contribution in [3.05, 3.63) is 77.0 Å². The summed E-state index contributed by atoms with van der Waals surface area (Å²) < 4.78 is 0. The number of rotatable bonds is 3. The molecule has 1 heterocycles. The highest BCUT2D eigenvalue weighted by Gasteiger charge is 2.31. The average molecular weight is 324 g/mol. The molecule has 0 bridgehead atoms. The van der Waals surface area contributed by atoms with E-state index in [1.807, 2.05) is 31.2 Å². The van der Waals surface area contributed by atoms with Gasteiger partial charge < -0.3 is 15.7 Å². The number of para-hydroxylation sites is 1. The van der Waals surface area contributed by atoms with Crippen LogP contribution in [-0.2, 0) is 0 Å². The van der Waals surface area contributed by atoms with Crippen LogP contribution >= 0.6 is 12.2 Å². The Morgan fingerprint density at radius 1 is 1.09 bits per heavy atom. The minimum atomic E-state index is -0.488. The van der Waals surface area contributed by atoms with Crippen molar-refractivity contribution in [1.82, 2.24) is 10.6 Å². The molecular formula is C18H16N2O2S. The topological polar surface area (TPSA) is 61.4 Å². The van der Waals surface area contributed by atoms with Crippen molar-refractivity contribution in [2.24, 2.45) is 0 Å². The second-order valence-electron chi connectivity index (χ2n) is 5.32. The van der Waals surface area contributed by atoms with Crippen molar-refractivity contribution in [1.29, 1.82) is 0 Å². The summed E-state index contributed by atoms with van der Waals surface area (Å²) in [6.07, 6.45) is 0. The molecule has 2 aromatic rings. The number of phenolic OH excluding ortho intramolecular Hbond substituents is 1. The monoisotopic (exact) mass is 324 g/mol. The number of phenols is 1. The lowest BCUT2D eigenvalue weighted by Gasteiger charge is -2.30. The molecule has 23 heavy (non-hydrogen) atoms. The lowest BCUT2D eigenvalue weighted by molar-refractivity contribution is 0.102. The van der Waals surface area contributed by atoms with Gasteiger partial charge in [-0.2, -0.15) is 0 Å². The van der Waals surface area contributed by atoms with Gasteiger partial charge in [-0.25, -0.2) is 0 Å². The van der Waals surface area contributed by atoms with E-state index in [2.05, 4.69) is 10.6 Å². The number of allylic oxidation sites excluding steroid dienone is 1. The van der Waals surface area contributed by atoms with Crippen LogP contribution in [0.25, 0.3) is 0 Å². The van der Waals surface area contributed by atoms with Crippen molar-refractivity contribution in [2.45, 2.75) is 13.0 Å². The van der Waals surface area contributed by atoms with Gasteiger partial charge in [-0.3, -0.25) is 4.79 Å². The van der Waals surface area contributed by atoms with E-state index in [0.717, 1.165) is 0 Å². The van der Waals surface area contributed by atoms with Gasteiger partial charge in [-0.15, -0.1) is 0 Å². The van der Waals surface area contributed by atoms with E-state index in [9.17, 15) is 9.90 Å². The van der Waals surface area contributed by atoms with E-state index in [-0.39, 0.29) is 11.5 Å². The van der Waals surface area contributed by atoms with E-state index in [4.69, 9.17) is 12.2 Å². The van der Waals surface area contributed by atoms with Crippen LogP contribution in [0, 0.1) is 0 Å². The Balaban J connectivity index is 2.10. The standard InChI is InChI=1S/C18H16N2O2S/c1-11-15(17(22)12-7-3-2-4-8-12)16(20-18(23)19-11)13-9-5-6-10-14(13)21/h2-10,16,21H,1H3,(H2,19,20,23). The average Bonchev–Trinajstić information content (AvgIpc) is 2.55. The predicted molar refractivity (Wildman–Crippen MR) is 93.2 cm³/mol. The maximum atomic E-state index is 12.9. The predicted octanol–water partition coefficient (Wildman–Crippen LogP) is 3.07. The van der Waals surface area contributed by atoms with E-state index in [0.29, 0.717) is 27.5 Å². The molecule has 1 unspecified atom stereocenters. The van der Waals surface area contributed by atoms with Crippen LogP contribution in [0.1, 0.15) is 28.9 Å². The van der Waals surface area contributed by atoms with Gasteiger partial charge in [0.15, 0.2) is 10.9 Å². The molecule has 116 valence electrons. The highest BCUT2D eigenvalue weighted by Crippen LogP contribution is 2.33. The molecule has 0 aromatic heterocycles. The SMILES string of the molecule is CC1=C(C(=O)c2ccccc2)C(c2ccccc2O)NC(=S)N1. The molecule has 1 aliphatic heterocycles. The first-order chi connectivity index (χ1) is 11.1. The molecule has 3 N–H and O–H groups in total. The number of hydrogen-bond acceptors (Lipinski definition) is 3. The Morgan fingerprint density at radius 2 is 1.74 bits per heavy atom. The maximum absolute atomic E-state index is 12.9. The van der Waals surface area contributed by atoms with Gasteiger partial charge in [0.1, 0.15) is 5.75 Å². The van der Waals surface area contributed by atoms with Gasteiger partial charge in [0.05, 0.1) is 6.04 Å². The molecule has 0 saturated carbocycles. The Hall–Kier alpha value is -2.66. The number of carbonyl (C=O) groups is 1. The molecule has 4 nitrogen and oxygen atoms in total. The maximum Gasteiger partial charge on any atom is 0.193 e. The number of Topliss-reactive ketones (excluding diaryl/α,β-unsaturated/α-hetero) is 1. The number of nitrogens with one attached hydrogen (secondary N) is 2. The largest absolute Gasteiger partial charge is 0.508 e. The molecule has 0 aliphatic carbocycles. The Morgan fingerprint density at radius 3 is 2.43 bits per heavy atom. The highest BCUT2D eigenvalue weighted by atomic mass is 32.1. The number of benzene rings is 2. The second kappa shape index (κ2) is 6.22. The first-order valence-corrected chi connectivity index (χ1v) is 7.64. The lowest BCUT2D eigenvalue weighted by atomic mass is 9.89. The van der Waals surface area contributed by atoms with Gasteiger partial charge >= 0.3 is 0 Å². The number of hydrogen-bond donors (Lipinski definition) is 3. The van der Waals surface area contributed by atoms with Crippen LogP contribution < -0.4 is 10.6 Å². The second-order valence-corrected chi connectivity index (χ2v) is 5.73. The number of aromatic hydroxyl groups is 1. The third-order valence-electron chi connectivity index (χ3n) is 3.80. The summed E-state index contributed by atoms with van der Waals surface area (Å²) in [7, 11) is 0. The smallest absolute Gasteiger partial charge is 0.193 e. The molecule has 3 rings (SSSR count). The van der Waals surface area contributed by atoms with Crippen LogP contribution in [-0.4, -0.2) is 16.0 Å². The fourth-order valence-corrected chi connectivity index (χ4v) is 2.98. The molecule has 1 atom stereocenters. The van der Waals surface area contributed by atoms with Crippen LogP contribution in [0.4, 0.5) is 0 Å². The van der Waals surface area contributed by atoms with Crippen molar-refractivity contribution < 1.29 is 9.90 Å². The summed E-state index contributed by atoms with van der Waals surface area (Å²) >= 11 is 5.21. The Bertz CT molecular complexity index is 800. The van der Waals surface area contributed by atoms with Gasteiger partial charge in [0.25, 0.3) is 0 Å². The third-order valence-corrected chi connectivity index (χ3v) is 4.02. The van der Waals surface area contributed by atoms with Gasteiger partial charge in [0.2, 0.25) is 0 Å². The molecule has 5 heteroatoms. The minimum absolute atomic E-state index is 0.0983. The Kier molecular flexibility index (Phi) is 4.12. The zero-order chi connectivity index (χ0) is 16.4. The quantitative estimate of drug-likeness (QED) is 0.598. The Labute approximate surface area is 139 Å². The van der Waals surface area contributed by atoms with Crippen LogP contribution in [0.2, 0.25) is 0 Å². The summed E-state index contributed by atoms with van der Waals surface area (Å²) in [6.45, 7) is 1.82. The third kappa shape index (κ3) is 2.96. The number of carbonyl (C=O) groups excluding carboxylic acids is 1. The van der Waals surface area contributed by atoms with Crippen molar-refractivity contribution in [2.75, 3.05) is 0 Å². The van der Waals surface area contributed by atoms with E-state index in [1.165, 1.54) is 0 Å². The molecule has 2 aromatic carbocycles. The number of thiocarbonyl (C=S) groups is 1. The summed E-state index contributed by atoms with van der Waals surface area (Å²) in [6, 6.07) is 15.5. The summed E-state index contributed by atoms with van der Waals surface area (Å²) in [5.74, 6) is 0.0275. The van der Waals surface area contributed by atoms with Crippen molar-refractivity contribution in [3.63, 3.8) is 0 Å². The summed E-state index contributed by atoms with van der Waals surface area (Å²) in [4.78, 5) is 12.9. The van der Waals surface area contributed by atoms with Crippen LogP contribution in [0.5, 0.6) is 5.75 Å². The molecule has 0 spiro atoms. The zero-order valence-electron chi connectivity index (χ0n) is 12.5. The van der Waals surface area contributed by atoms with Gasteiger partial charge in [-0.05, 0) is 25.2 Å². The first-order valence-electron chi connectivity index (χ1n) is 7.24. The summed E-state index contributed by atoms with van der Waals surface area (Å²) in [5.41, 5.74) is 2.45. The zero-order valence-corrected chi connectivity index (χ0v) is 13.4. The molecule has 0 radical (unpaired) electrons. The summed E-state index contributed by atoms with van der Waals surface area (Å²) in [5, 5.41) is 16.7. The van der Waals surface area contributed by atoms with Gasteiger partial charge in [-0.1, -0.05) is 48.5 Å². The van der Waals surface area contributed by atoms with Gasteiger partial charge in [0, 0.05) is 22.4 Å². The highest BCUT2D eigenvalue weighted by molar-refractivity contribution is 7.80. The molecular weight excluding hydrogens is 308 g/mol. The van der Waals surface area contributed by atoms with E-state index < -0.39 is 6.04 Å². The van der Waals surface area contributed by atoms with Crippen LogP contribution in [0.3, 0.4) is 0 Å². The lowest BCUT2D eigenvalue weighted by Crippen LogP contribution is -2.44. The minimum Gasteiger partial charge on any atom is -0.508 e.